The van der Waals surface area contributed by atoms with E-state index >= 15 is 0 Å². The molecule has 0 aromatic rings. The minimum Gasteiger partial charge on any atom is -0.854 e. The van der Waals surface area contributed by atoms with Gasteiger partial charge in [0.2, 0.25) is 0 Å². The summed E-state index contributed by atoms with van der Waals surface area (Å²) in [5.74, 6) is 1.17. The van der Waals surface area contributed by atoms with Gasteiger partial charge in [0.25, 0.3) is 0 Å². The van der Waals surface area contributed by atoms with Crippen molar-refractivity contribution >= 4 is 37.7 Å². The Labute approximate surface area is 113 Å². The Morgan fingerprint density at radius 2 is 1.00 bits per heavy atom. The minimum atomic E-state index is 0. The van der Waals surface area contributed by atoms with Crippen LogP contribution in [0.25, 0.3) is 0 Å². The van der Waals surface area contributed by atoms with Gasteiger partial charge >= 0.3 is 37.7 Å². The average molecular weight is 214 g/mol. The Balaban J connectivity index is -0.000000143. The van der Waals surface area contributed by atoms with Crippen LogP contribution >= 0.6 is 0 Å². The van der Waals surface area contributed by atoms with Gasteiger partial charge in [-0.15, -0.1) is 13.2 Å². The molecule has 76 valence electrons. The van der Waals surface area contributed by atoms with E-state index in [2.05, 4.69) is 27.7 Å². The van der Waals surface area contributed by atoms with E-state index < -0.39 is 0 Å². The molecule has 0 radical (unpaired) electrons. The van der Waals surface area contributed by atoms with Crippen molar-refractivity contribution in [1.82, 2.24) is 0 Å². The monoisotopic (exact) mass is 214 g/mol. The van der Waals surface area contributed by atoms with Gasteiger partial charge in [-0.2, -0.15) is 0 Å². The van der Waals surface area contributed by atoms with Crippen molar-refractivity contribution in [3.8, 4) is 0 Å². The van der Waals surface area contributed by atoms with Crippen molar-refractivity contribution in [1.29, 1.82) is 0 Å². The van der Waals surface area contributed by atoms with Crippen LogP contribution in [-0.2, 0) is 0 Å². The van der Waals surface area contributed by atoms with Crippen molar-refractivity contribution in [3.63, 3.8) is 0 Å². The summed E-state index contributed by atoms with van der Waals surface area (Å²) in [6.45, 7) is 8.38. The van der Waals surface area contributed by atoms with Crippen molar-refractivity contribution in [3.05, 3.63) is 0 Å². The zero-order valence-corrected chi connectivity index (χ0v) is 11.7. The fourth-order valence-corrected chi connectivity index (χ4v) is 0.471. The van der Waals surface area contributed by atoms with Crippen LogP contribution in [0.15, 0.2) is 0 Å². The van der Waals surface area contributed by atoms with Crippen molar-refractivity contribution in [2.24, 2.45) is 11.8 Å². The normalized spacial score (nSPS) is 9.23. The topological polar surface area (TPSA) is 46.1 Å². The summed E-state index contributed by atoms with van der Waals surface area (Å²) in [7, 11) is 0. The Hall–Kier alpha value is 1.18. The molecule has 0 fully saturated rings. The Morgan fingerprint density at radius 1 is 0.769 bits per heavy atom. The molecule has 0 spiro atoms. The van der Waals surface area contributed by atoms with Crippen LogP contribution in [-0.4, -0.2) is 51.0 Å². The zero-order chi connectivity index (χ0) is 9.98. The second-order valence-corrected chi connectivity index (χ2v) is 3.77. The molecule has 0 aromatic carbocycles. The van der Waals surface area contributed by atoms with Crippen molar-refractivity contribution in [2.45, 2.75) is 40.5 Å². The second kappa shape index (κ2) is 15.6. The molecule has 0 N–H and O–H groups in total. The van der Waals surface area contributed by atoms with Crippen LogP contribution in [0.1, 0.15) is 40.5 Å². The van der Waals surface area contributed by atoms with Gasteiger partial charge in [0.1, 0.15) is 0 Å². The summed E-state index contributed by atoms with van der Waals surface area (Å²) in [4.78, 5) is 0. The second-order valence-electron chi connectivity index (χ2n) is 3.77. The predicted molar refractivity (Wildman–Crippen MR) is 54.4 cm³/mol. The quantitative estimate of drug-likeness (QED) is 0.636. The third kappa shape index (κ3) is 32.0. The van der Waals surface area contributed by atoms with Crippen LogP contribution in [0.3, 0.4) is 0 Å². The van der Waals surface area contributed by atoms with Crippen molar-refractivity contribution < 1.29 is 10.2 Å². The third-order valence-corrected chi connectivity index (χ3v) is 1.39. The van der Waals surface area contributed by atoms with Gasteiger partial charge in [-0.3, -0.25) is 0 Å². The van der Waals surface area contributed by atoms with Gasteiger partial charge < -0.3 is 10.2 Å². The van der Waals surface area contributed by atoms with Gasteiger partial charge in [0, 0.05) is 0 Å². The smallest absolute Gasteiger partial charge is 0.854 e. The Kier molecular flexibility index (Phi) is 23.7. The summed E-state index contributed by atoms with van der Waals surface area (Å²) in [5, 5.41) is 19.5. The molecule has 0 saturated heterocycles. The molecule has 0 bridgehead atoms. The maximum absolute atomic E-state index is 9.74. The number of hydrogen-bond donors (Lipinski definition) is 0. The molecule has 0 heterocycles. The molecule has 0 unspecified atom stereocenters. The molecule has 0 saturated carbocycles. The largest absolute Gasteiger partial charge is 2.00 e. The number of rotatable bonds is 4. The molecule has 0 rings (SSSR count). The van der Waals surface area contributed by atoms with Gasteiger partial charge in [-0.1, -0.05) is 40.5 Å². The maximum atomic E-state index is 9.74. The first-order valence-electron chi connectivity index (χ1n) is 4.70. The SMILES string of the molecule is CC(C)CC[O-].CC(C)CC[O-].[Ca+2]. The van der Waals surface area contributed by atoms with Crippen LogP contribution in [0.4, 0.5) is 0 Å². The zero-order valence-electron chi connectivity index (χ0n) is 9.51. The van der Waals surface area contributed by atoms with Crippen molar-refractivity contribution in [2.75, 3.05) is 13.2 Å². The molecule has 0 amide bonds. The van der Waals surface area contributed by atoms with Gasteiger partial charge in [-0.05, 0) is 11.8 Å². The molecule has 0 aliphatic rings. The molecule has 0 aliphatic carbocycles. The van der Waals surface area contributed by atoms with Crippen LogP contribution in [0.2, 0.25) is 0 Å². The van der Waals surface area contributed by atoms with E-state index in [4.69, 9.17) is 0 Å². The van der Waals surface area contributed by atoms with E-state index in [0.717, 1.165) is 12.8 Å². The van der Waals surface area contributed by atoms with E-state index in [0.29, 0.717) is 11.8 Å². The predicted octanol–water partition coefficient (Wildman–Crippen LogP) is 0.405. The van der Waals surface area contributed by atoms with Gasteiger partial charge in [0.15, 0.2) is 0 Å². The van der Waals surface area contributed by atoms with E-state index in [1.165, 1.54) is 0 Å². The summed E-state index contributed by atoms with van der Waals surface area (Å²) in [6.07, 6.45) is 1.64. The first-order valence-corrected chi connectivity index (χ1v) is 4.70. The van der Waals surface area contributed by atoms with E-state index in [-0.39, 0.29) is 51.0 Å². The summed E-state index contributed by atoms with van der Waals surface area (Å²) < 4.78 is 0. The van der Waals surface area contributed by atoms with Crippen LogP contribution < -0.4 is 10.2 Å². The molecule has 0 aromatic heterocycles. The minimum absolute atomic E-state index is 0. The van der Waals surface area contributed by atoms with E-state index in [1.807, 2.05) is 0 Å². The fourth-order valence-electron chi connectivity index (χ4n) is 0.471. The van der Waals surface area contributed by atoms with Crippen LogP contribution in [0, 0.1) is 11.8 Å². The van der Waals surface area contributed by atoms with Gasteiger partial charge in [0.05, 0.1) is 0 Å². The maximum Gasteiger partial charge on any atom is 2.00 e. The van der Waals surface area contributed by atoms with E-state index in [9.17, 15) is 10.2 Å². The third-order valence-electron chi connectivity index (χ3n) is 1.39. The Bertz CT molecular complexity index is 65.3. The van der Waals surface area contributed by atoms with Gasteiger partial charge in [-0.25, -0.2) is 0 Å². The fraction of sp³-hybridized carbons (Fsp3) is 1.00. The first-order chi connectivity index (χ1) is 5.54. The molecule has 3 heteroatoms. The molecular weight excluding hydrogens is 192 g/mol. The standard InChI is InChI=1S/2C5H11O.Ca/c2*1-5(2)3-4-6;/h2*5H,3-4H2,1-2H3;/q2*-1;+2. The first kappa shape index (κ1) is 19.7. The molecule has 2 nitrogen and oxygen atoms in total. The summed E-state index contributed by atoms with van der Waals surface area (Å²) in [5.41, 5.74) is 0. The summed E-state index contributed by atoms with van der Waals surface area (Å²) in [6, 6.07) is 0. The molecule has 0 aliphatic heterocycles. The van der Waals surface area contributed by atoms with Crippen LogP contribution in [0.5, 0.6) is 0 Å². The number of hydrogen-bond acceptors (Lipinski definition) is 2. The molecule has 13 heavy (non-hydrogen) atoms. The average Bonchev–Trinajstić information content (AvgIpc) is 1.87. The molecular formula is C10H22CaO2. The van der Waals surface area contributed by atoms with E-state index in [1.54, 1.807) is 0 Å². The molecule has 0 atom stereocenters. The summed E-state index contributed by atoms with van der Waals surface area (Å²) >= 11 is 0. The Morgan fingerprint density at radius 3 is 1.00 bits per heavy atom.